The minimum Gasteiger partial charge on any atom is -1.00 e. The van der Waals surface area contributed by atoms with Crippen LogP contribution in [0.3, 0.4) is 0 Å². The van der Waals surface area contributed by atoms with Crippen molar-refractivity contribution in [3.8, 4) is 5.75 Å². The summed E-state index contributed by atoms with van der Waals surface area (Å²) in [6.45, 7) is 5.33. The molecule has 140 valence electrons. The van der Waals surface area contributed by atoms with Crippen LogP contribution in [0.1, 0.15) is 42.1 Å². The number of rotatable bonds is 6. The molecule has 2 aromatic rings. The molecular formula is C22H28INO2. The fourth-order valence-electron chi connectivity index (χ4n) is 3.59. The van der Waals surface area contributed by atoms with E-state index in [2.05, 4.69) is 14.0 Å². The fraction of sp³-hybridized carbons (Fsp3) is 0.409. The fourth-order valence-corrected chi connectivity index (χ4v) is 3.59. The molecule has 3 nitrogen and oxygen atoms in total. The Kier molecular flexibility index (Phi) is 7.65. The molecule has 0 bridgehead atoms. The van der Waals surface area contributed by atoms with Gasteiger partial charge in [0.2, 0.25) is 0 Å². The number of likely N-dealkylation sites (tertiary alicyclic amines) is 1. The molecule has 0 radical (unpaired) electrons. The van der Waals surface area contributed by atoms with Gasteiger partial charge in [0.1, 0.15) is 18.4 Å². The van der Waals surface area contributed by atoms with Crippen molar-refractivity contribution in [2.75, 3.05) is 26.7 Å². The summed E-state index contributed by atoms with van der Waals surface area (Å²) in [4.78, 5) is 12.8. The number of benzene rings is 2. The maximum absolute atomic E-state index is 12.8. The summed E-state index contributed by atoms with van der Waals surface area (Å²) in [6, 6.07) is 17.4. The molecule has 1 heterocycles. The van der Waals surface area contributed by atoms with E-state index in [4.69, 9.17) is 4.74 Å². The van der Waals surface area contributed by atoms with E-state index < -0.39 is 0 Å². The highest BCUT2D eigenvalue weighted by molar-refractivity contribution is 6.10. The summed E-state index contributed by atoms with van der Waals surface area (Å²) >= 11 is 0. The predicted molar refractivity (Wildman–Crippen MR) is 101 cm³/mol. The maximum Gasteiger partial charge on any atom is 0.196 e. The number of ketones is 1. The average molecular weight is 465 g/mol. The lowest BCUT2D eigenvalue weighted by atomic mass is 10.0. The van der Waals surface area contributed by atoms with E-state index in [9.17, 15) is 4.79 Å². The number of ether oxygens (including phenoxy) is 1. The molecule has 0 N–H and O–H groups in total. The van der Waals surface area contributed by atoms with Gasteiger partial charge in [-0.2, -0.15) is 0 Å². The number of quaternary nitrogens is 1. The molecule has 0 saturated carbocycles. The van der Waals surface area contributed by atoms with Gasteiger partial charge >= 0.3 is 0 Å². The second kappa shape index (κ2) is 9.51. The number of nitrogens with zero attached hydrogens (tertiary/aromatic N) is 1. The van der Waals surface area contributed by atoms with E-state index in [0.717, 1.165) is 4.48 Å². The largest absolute Gasteiger partial charge is 1.00 e. The Morgan fingerprint density at radius 3 is 2.31 bits per heavy atom. The van der Waals surface area contributed by atoms with Crippen LogP contribution in [0.5, 0.6) is 5.75 Å². The minimum absolute atomic E-state index is 0. The second-order valence-corrected chi connectivity index (χ2v) is 7.34. The van der Waals surface area contributed by atoms with Gasteiger partial charge in [0.15, 0.2) is 5.78 Å². The van der Waals surface area contributed by atoms with Gasteiger partial charge in [0.25, 0.3) is 0 Å². The van der Waals surface area contributed by atoms with Crippen molar-refractivity contribution in [1.82, 2.24) is 0 Å². The summed E-state index contributed by atoms with van der Waals surface area (Å²) in [6.07, 6.45) is 3.93. The third-order valence-corrected chi connectivity index (χ3v) is 5.55. The average Bonchev–Trinajstić information content (AvgIpc) is 2.67. The first kappa shape index (κ1) is 20.9. The van der Waals surface area contributed by atoms with Gasteiger partial charge in [-0.15, -0.1) is 0 Å². The Bertz CT molecular complexity index is 711. The molecule has 1 atom stereocenters. The van der Waals surface area contributed by atoms with E-state index in [1.54, 1.807) is 0 Å². The molecule has 1 aliphatic rings. The molecule has 1 aliphatic heterocycles. The Morgan fingerprint density at radius 2 is 1.62 bits per heavy atom. The highest BCUT2D eigenvalue weighted by Crippen LogP contribution is 2.24. The van der Waals surface area contributed by atoms with Crippen LogP contribution in [0.2, 0.25) is 0 Å². The molecule has 1 unspecified atom stereocenters. The monoisotopic (exact) mass is 465 g/mol. The van der Waals surface area contributed by atoms with Crippen LogP contribution in [0.4, 0.5) is 0 Å². The van der Waals surface area contributed by atoms with Gasteiger partial charge in [-0.3, -0.25) is 4.79 Å². The summed E-state index contributed by atoms with van der Waals surface area (Å²) in [7, 11) is 2.33. The molecule has 0 aliphatic carbocycles. The zero-order valence-electron chi connectivity index (χ0n) is 15.7. The Labute approximate surface area is 174 Å². The smallest absolute Gasteiger partial charge is 0.196 e. The SMILES string of the molecule is CC(COc1ccccc1C(=O)c1ccccc1)[N+]1(C)CCCCC1.[I-]. The predicted octanol–water partition coefficient (Wildman–Crippen LogP) is 1.32. The summed E-state index contributed by atoms with van der Waals surface area (Å²) in [5.41, 5.74) is 1.34. The summed E-state index contributed by atoms with van der Waals surface area (Å²) < 4.78 is 7.19. The van der Waals surface area contributed by atoms with Crippen LogP contribution in [-0.4, -0.2) is 43.1 Å². The van der Waals surface area contributed by atoms with E-state index in [-0.39, 0.29) is 29.8 Å². The molecule has 26 heavy (non-hydrogen) atoms. The molecule has 4 heteroatoms. The van der Waals surface area contributed by atoms with Gasteiger partial charge in [-0.25, -0.2) is 0 Å². The lowest BCUT2D eigenvalue weighted by Gasteiger charge is -2.42. The number of halogens is 1. The van der Waals surface area contributed by atoms with E-state index in [1.807, 2.05) is 54.6 Å². The normalized spacial score (nSPS) is 17.0. The number of likely N-dealkylation sites (N-methyl/N-ethyl adjacent to an activating group) is 1. The van der Waals surface area contributed by atoms with Crippen molar-refractivity contribution >= 4 is 5.78 Å². The van der Waals surface area contributed by atoms with Crippen LogP contribution in [0.25, 0.3) is 0 Å². The molecule has 0 spiro atoms. The van der Waals surface area contributed by atoms with Crippen LogP contribution in [-0.2, 0) is 0 Å². The van der Waals surface area contributed by atoms with Crippen molar-refractivity contribution in [3.63, 3.8) is 0 Å². The van der Waals surface area contributed by atoms with Crippen LogP contribution >= 0.6 is 0 Å². The van der Waals surface area contributed by atoms with Gasteiger partial charge in [0.05, 0.1) is 25.7 Å². The zero-order valence-corrected chi connectivity index (χ0v) is 17.8. The van der Waals surface area contributed by atoms with Crippen molar-refractivity contribution in [3.05, 3.63) is 65.7 Å². The molecule has 1 saturated heterocycles. The highest BCUT2D eigenvalue weighted by Gasteiger charge is 2.31. The first-order valence-electron chi connectivity index (χ1n) is 9.26. The van der Waals surface area contributed by atoms with Crippen molar-refractivity contribution in [2.24, 2.45) is 0 Å². The molecule has 0 aromatic heterocycles. The number of hydrogen-bond acceptors (Lipinski definition) is 2. The Balaban J connectivity index is 0.00000243. The van der Waals surface area contributed by atoms with Gasteiger partial charge < -0.3 is 33.2 Å². The van der Waals surface area contributed by atoms with Crippen molar-refractivity contribution in [1.29, 1.82) is 0 Å². The molecule has 3 rings (SSSR count). The van der Waals surface area contributed by atoms with Crippen LogP contribution < -0.4 is 28.7 Å². The first-order chi connectivity index (χ1) is 12.1. The first-order valence-corrected chi connectivity index (χ1v) is 9.26. The second-order valence-electron chi connectivity index (χ2n) is 7.34. The molecule has 0 amide bonds. The number of piperidine rings is 1. The molecule has 2 aromatic carbocycles. The third kappa shape index (κ3) is 4.86. The standard InChI is InChI=1S/C22H28NO2.HI/c1-18(23(2)15-9-4-10-16-23)17-25-21-14-8-7-13-20(21)22(24)19-11-5-3-6-12-19;/h3,5-8,11-14,18H,4,9-10,15-17H2,1-2H3;1H/q+1;/p-1. The number of hydrogen-bond donors (Lipinski definition) is 0. The van der Waals surface area contributed by atoms with Crippen LogP contribution in [0, 0.1) is 0 Å². The Morgan fingerprint density at radius 1 is 1.00 bits per heavy atom. The highest BCUT2D eigenvalue weighted by atomic mass is 127. The minimum atomic E-state index is 0. The lowest BCUT2D eigenvalue weighted by molar-refractivity contribution is -0.935. The summed E-state index contributed by atoms with van der Waals surface area (Å²) in [5, 5.41) is 0. The van der Waals surface area contributed by atoms with Gasteiger partial charge in [-0.1, -0.05) is 42.5 Å². The lowest BCUT2D eigenvalue weighted by Crippen LogP contribution is -3.00. The quantitative estimate of drug-likeness (QED) is 0.366. The zero-order chi connectivity index (χ0) is 17.7. The molecular weight excluding hydrogens is 437 g/mol. The van der Waals surface area contributed by atoms with E-state index >= 15 is 0 Å². The van der Waals surface area contributed by atoms with E-state index in [1.165, 1.54) is 32.4 Å². The van der Waals surface area contributed by atoms with Gasteiger partial charge in [-0.05, 0) is 38.3 Å². The van der Waals surface area contributed by atoms with E-state index in [0.29, 0.717) is 29.5 Å². The number of para-hydroxylation sites is 1. The Hall–Kier alpha value is -1.40. The van der Waals surface area contributed by atoms with Crippen LogP contribution in [0.15, 0.2) is 54.6 Å². The van der Waals surface area contributed by atoms with Crippen molar-refractivity contribution in [2.45, 2.75) is 32.2 Å². The number of carbonyl (C=O) groups excluding carboxylic acids is 1. The maximum atomic E-state index is 12.8. The van der Waals surface area contributed by atoms with Crippen molar-refractivity contribution < 1.29 is 38.0 Å². The van der Waals surface area contributed by atoms with Gasteiger partial charge in [0, 0.05) is 5.56 Å². The number of carbonyl (C=O) groups is 1. The molecule has 1 fully saturated rings. The topological polar surface area (TPSA) is 26.3 Å². The summed E-state index contributed by atoms with van der Waals surface area (Å²) in [5.74, 6) is 0.703. The third-order valence-electron chi connectivity index (χ3n) is 5.55.